The maximum absolute atomic E-state index is 13.5. The van der Waals surface area contributed by atoms with Gasteiger partial charge in [-0.05, 0) is 25.3 Å². The van der Waals surface area contributed by atoms with E-state index in [4.69, 9.17) is 33.9 Å². The minimum atomic E-state index is -0.121. The molecule has 2 bridgehead atoms. The molecule has 2 aliphatic heterocycles. The molecule has 8 nitrogen and oxygen atoms in total. The van der Waals surface area contributed by atoms with Crippen LogP contribution >= 0.6 is 23.2 Å². The van der Waals surface area contributed by atoms with E-state index in [1.807, 2.05) is 12.1 Å². The molecule has 10 heteroatoms. The van der Waals surface area contributed by atoms with E-state index in [0.717, 1.165) is 19.3 Å². The van der Waals surface area contributed by atoms with Crippen molar-refractivity contribution in [3.05, 3.63) is 38.9 Å². The summed E-state index contributed by atoms with van der Waals surface area (Å²) in [6.45, 7) is 0. The number of aromatic nitrogens is 5. The number of H-pyrrole nitrogens is 1. The number of fused-ring (bicyclic) bond motifs is 4. The van der Waals surface area contributed by atoms with Gasteiger partial charge in [0.2, 0.25) is 5.95 Å². The summed E-state index contributed by atoms with van der Waals surface area (Å²) in [5, 5.41) is 6.46. The first kappa shape index (κ1) is 19.2. The zero-order valence-electron chi connectivity index (χ0n) is 17.1. The fourth-order valence-electron chi connectivity index (χ4n) is 5.36. The third-order valence-corrected chi connectivity index (χ3v) is 7.69. The fraction of sp³-hybridized carbons (Fsp3) is 0.381. The second-order valence-electron chi connectivity index (χ2n) is 8.54. The van der Waals surface area contributed by atoms with Crippen LogP contribution in [0.5, 0.6) is 0 Å². The van der Waals surface area contributed by atoms with Gasteiger partial charge in [0, 0.05) is 49.5 Å². The van der Waals surface area contributed by atoms with E-state index >= 15 is 0 Å². The van der Waals surface area contributed by atoms with E-state index in [1.165, 1.54) is 0 Å². The van der Waals surface area contributed by atoms with Crippen LogP contribution in [-0.4, -0.2) is 42.4 Å². The van der Waals surface area contributed by atoms with Gasteiger partial charge in [0.25, 0.3) is 5.56 Å². The van der Waals surface area contributed by atoms with Crippen LogP contribution in [0.25, 0.3) is 33.1 Å². The number of aryl methyl sites for hydroxylation is 1. The van der Waals surface area contributed by atoms with Gasteiger partial charge in [0.15, 0.2) is 0 Å². The Morgan fingerprint density at radius 2 is 1.97 bits per heavy atom. The number of halogens is 2. The normalized spacial score (nSPS) is 23.0. The van der Waals surface area contributed by atoms with Gasteiger partial charge in [-0.2, -0.15) is 10.1 Å². The second kappa shape index (κ2) is 6.48. The molecule has 2 aliphatic rings. The van der Waals surface area contributed by atoms with Gasteiger partial charge in [-0.1, -0.05) is 29.3 Å². The summed E-state index contributed by atoms with van der Waals surface area (Å²) in [6.07, 6.45) is 4.85. The van der Waals surface area contributed by atoms with Crippen molar-refractivity contribution in [1.82, 2.24) is 24.3 Å². The van der Waals surface area contributed by atoms with Crippen LogP contribution in [0.2, 0.25) is 10.2 Å². The molecule has 1 unspecified atom stereocenters. The highest BCUT2D eigenvalue weighted by Gasteiger charge is 2.46. The lowest BCUT2D eigenvalue weighted by Gasteiger charge is -2.25. The standard InChI is InChI=1S/C21H21Cl2N7O/c1-28-20(31)15-11(10-4-5-13-16(17(10)22)18(23)29(2)27-13)8-25-19(15)26-21(28)30-9-3-6-14(30)12(24)7-9/h4-5,8-9,12,14,25H,3,6-7,24H2,1-2H3/t9?,12-,14-/m1/s1. The molecule has 3 N–H and O–H groups in total. The first-order valence-corrected chi connectivity index (χ1v) is 11.1. The van der Waals surface area contributed by atoms with Crippen molar-refractivity contribution in [1.29, 1.82) is 0 Å². The minimum Gasteiger partial charge on any atom is -0.345 e. The van der Waals surface area contributed by atoms with Crippen LogP contribution in [-0.2, 0) is 14.1 Å². The monoisotopic (exact) mass is 457 g/mol. The zero-order valence-corrected chi connectivity index (χ0v) is 18.6. The van der Waals surface area contributed by atoms with Crippen LogP contribution in [0, 0.1) is 0 Å². The summed E-state index contributed by atoms with van der Waals surface area (Å²) in [7, 11) is 3.54. The Labute approximate surface area is 187 Å². The lowest BCUT2D eigenvalue weighted by Crippen LogP contribution is -2.40. The number of hydrogen-bond donors (Lipinski definition) is 2. The summed E-state index contributed by atoms with van der Waals surface area (Å²) in [6, 6.07) is 4.43. The molecule has 31 heavy (non-hydrogen) atoms. The van der Waals surface area contributed by atoms with Crippen molar-refractivity contribution < 1.29 is 0 Å². The molecule has 3 atom stereocenters. The average molecular weight is 458 g/mol. The van der Waals surface area contributed by atoms with Crippen molar-refractivity contribution in [3.8, 4) is 11.1 Å². The molecule has 6 rings (SSSR count). The Bertz CT molecular complexity index is 1440. The van der Waals surface area contributed by atoms with E-state index in [0.29, 0.717) is 55.2 Å². The molecule has 0 spiro atoms. The van der Waals surface area contributed by atoms with Gasteiger partial charge in [-0.15, -0.1) is 0 Å². The second-order valence-corrected chi connectivity index (χ2v) is 9.28. The number of anilines is 1. The zero-order chi connectivity index (χ0) is 21.6. The molecule has 1 aromatic carbocycles. The number of nitrogens with two attached hydrogens (primary N) is 1. The van der Waals surface area contributed by atoms with E-state index in [-0.39, 0.29) is 17.6 Å². The predicted octanol–water partition coefficient (Wildman–Crippen LogP) is 3.19. The van der Waals surface area contributed by atoms with Crippen LogP contribution in [0.1, 0.15) is 19.3 Å². The molecule has 0 aliphatic carbocycles. The molecule has 0 saturated carbocycles. The Morgan fingerprint density at radius 3 is 2.68 bits per heavy atom. The van der Waals surface area contributed by atoms with Crippen LogP contribution in [0.4, 0.5) is 5.95 Å². The van der Waals surface area contributed by atoms with Crippen LogP contribution in [0.3, 0.4) is 0 Å². The third-order valence-electron chi connectivity index (χ3n) is 6.86. The Hall–Kier alpha value is -2.55. The van der Waals surface area contributed by atoms with Crippen molar-refractivity contribution in [2.24, 2.45) is 19.8 Å². The molecule has 0 radical (unpaired) electrons. The first-order chi connectivity index (χ1) is 14.9. The number of nitrogens with zero attached hydrogens (tertiary/aromatic N) is 5. The molecule has 5 heterocycles. The van der Waals surface area contributed by atoms with Gasteiger partial charge in [-0.3, -0.25) is 14.0 Å². The highest BCUT2D eigenvalue weighted by molar-refractivity contribution is 6.43. The van der Waals surface area contributed by atoms with E-state index in [1.54, 1.807) is 29.5 Å². The largest absolute Gasteiger partial charge is 0.345 e. The minimum absolute atomic E-state index is 0.121. The Morgan fingerprint density at radius 1 is 1.16 bits per heavy atom. The van der Waals surface area contributed by atoms with Crippen LogP contribution in [0.15, 0.2) is 23.1 Å². The third kappa shape index (κ3) is 2.49. The highest BCUT2D eigenvalue weighted by atomic mass is 35.5. The first-order valence-electron chi connectivity index (χ1n) is 10.3. The molecule has 160 valence electrons. The highest BCUT2D eigenvalue weighted by Crippen LogP contribution is 2.41. The van der Waals surface area contributed by atoms with E-state index in [2.05, 4.69) is 15.0 Å². The lowest BCUT2D eigenvalue weighted by molar-refractivity contribution is 0.503. The van der Waals surface area contributed by atoms with Crippen LogP contribution < -0.4 is 16.2 Å². The maximum Gasteiger partial charge on any atom is 0.264 e. The summed E-state index contributed by atoms with van der Waals surface area (Å²) < 4.78 is 3.21. The molecule has 2 fully saturated rings. The van der Waals surface area contributed by atoms with Crippen molar-refractivity contribution in [2.45, 2.75) is 37.4 Å². The number of rotatable bonds is 2. The Balaban J connectivity index is 1.55. The molecular weight excluding hydrogens is 437 g/mol. The van der Waals surface area contributed by atoms with Gasteiger partial charge in [0.1, 0.15) is 10.8 Å². The lowest BCUT2D eigenvalue weighted by atomic mass is 9.97. The van der Waals surface area contributed by atoms with Gasteiger partial charge in [-0.25, -0.2) is 0 Å². The smallest absolute Gasteiger partial charge is 0.264 e. The van der Waals surface area contributed by atoms with Gasteiger partial charge in [0.05, 0.1) is 21.3 Å². The Kier molecular flexibility index (Phi) is 4.00. The van der Waals surface area contributed by atoms with Crippen molar-refractivity contribution in [2.75, 3.05) is 4.90 Å². The number of nitrogens with one attached hydrogen (secondary N) is 1. The average Bonchev–Trinajstić information content (AvgIpc) is 3.48. The maximum atomic E-state index is 13.5. The topological polar surface area (TPSA) is 97.8 Å². The molecular formula is C21H21Cl2N7O. The summed E-state index contributed by atoms with van der Waals surface area (Å²) >= 11 is 13.1. The molecule has 4 aromatic rings. The van der Waals surface area contributed by atoms with Crippen molar-refractivity contribution >= 4 is 51.1 Å². The molecule has 2 saturated heterocycles. The van der Waals surface area contributed by atoms with Crippen molar-refractivity contribution in [3.63, 3.8) is 0 Å². The number of benzene rings is 1. The number of aromatic amines is 1. The van der Waals surface area contributed by atoms with E-state index < -0.39 is 0 Å². The van der Waals surface area contributed by atoms with Gasteiger partial charge < -0.3 is 15.6 Å². The van der Waals surface area contributed by atoms with E-state index in [9.17, 15) is 4.79 Å². The van der Waals surface area contributed by atoms with Gasteiger partial charge >= 0.3 is 0 Å². The SMILES string of the molecule is Cn1nc2ccc(-c3c[nH]c4nc(N5C6CC[C@@H]5[C@H](N)C6)n(C)c(=O)c34)c(Cl)c2c1Cl. The molecule has 3 aromatic heterocycles. The molecule has 0 amide bonds. The predicted molar refractivity (Wildman–Crippen MR) is 123 cm³/mol. The number of hydrogen-bond acceptors (Lipinski definition) is 5. The quantitative estimate of drug-likeness (QED) is 0.481. The summed E-state index contributed by atoms with van der Waals surface area (Å²) in [5.41, 5.74) is 8.84. The fourth-order valence-corrected chi connectivity index (χ4v) is 5.99. The summed E-state index contributed by atoms with van der Waals surface area (Å²) in [5.74, 6) is 0.670. The summed E-state index contributed by atoms with van der Waals surface area (Å²) in [4.78, 5) is 23.7.